The van der Waals surface area contributed by atoms with Crippen molar-refractivity contribution in [3.63, 3.8) is 0 Å². The fraction of sp³-hybridized carbons (Fsp3) is 0.500. The number of fused-ring (bicyclic) bond motifs is 1. The van der Waals surface area contributed by atoms with Crippen LogP contribution in [0.1, 0.15) is 23.6 Å². The highest BCUT2D eigenvalue weighted by Gasteiger charge is 2.29. The predicted octanol–water partition coefficient (Wildman–Crippen LogP) is 1.85. The van der Waals surface area contributed by atoms with Crippen LogP contribution in [0.25, 0.3) is 0 Å². The lowest BCUT2D eigenvalue weighted by Gasteiger charge is -2.24. The zero-order valence-corrected chi connectivity index (χ0v) is 12.6. The van der Waals surface area contributed by atoms with Gasteiger partial charge in [0.05, 0.1) is 12.6 Å². The van der Waals surface area contributed by atoms with Crippen LogP contribution < -0.4 is 10.6 Å². The van der Waals surface area contributed by atoms with Crippen LogP contribution in [0.4, 0.5) is 0 Å². The highest BCUT2D eigenvalue weighted by Crippen LogP contribution is 2.35. The van der Waals surface area contributed by atoms with E-state index in [9.17, 15) is 4.79 Å². The Morgan fingerprint density at radius 1 is 1.45 bits per heavy atom. The maximum Gasteiger partial charge on any atom is 0.250 e. The van der Waals surface area contributed by atoms with E-state index in [4.69, 9.17) is 16.3 Å². The molecular weight excluding hydrogens is 299 g/mol. The average Bonchev–Trinajstić information content (AvgIpc) is 2.84. The number of ether oxygens (including phenoxy) is 1. The van der Waals surface area contributed by atoms with Crippen LogP contribution in [-0.2, 0) is 16.0 Å². The number of hydrogen-bond acceptors (Lipinski definition) is 3. The first-order valence-electron chi connectivity index (χ1n) is 6.65. The number of halogens is 2. The van der Waals surface area contributed by atoms with Crippen LogP contribution in [0.5, 0.6) is 0 Å². The molecule has 1 heterocycles. The molecule has 110 valence electrons. The first kappa shape index (κ1) is 15.6. The zero-order valence-electron chi connectivity index (χ0n) is 11.0. The van der Waals surface area contributed by atoms with Gasteiger partial charge in [-0.25, -0.2) is 0 Å². The van der Waals surface area contributed by atoms with Crippen molar-refractivity contribution in [2.45, 2.75) is 25.0 Å². The van der Waals surface area contributed by atoms with Gasteiger partial charge in [0.2, 0.25) is 0 Å². The zero-order chi connectivity index (χ0) is 13.2. The minimum atomic E-state index is -0.378. The molecule has 1 saturated heterocycles. The summed E-state index contributed by atoms with van der Waals surface area (Å²) < 4.78 is 5.46. The van der Waals surface area contributed by atoms with Crippen LogP contribution in [0, 0.1) is 0 Å². The summed E-state index contributed by atoms with van der Waals surface area (Å²) in [5.74, 6) is -0.0370. The summed E-state index contributed by atoms with van der Waals surface area (Å²) in [7, 11) is 0. The van der Waals surface area contributed by atoms with E-state index in [0.717, 1.165) is 35.5 Å². The molecule has 20 heavy (non-hydrogen) atoms. The SMILES string of the molecule is Cl.O=C(NC1CCc2c(Cl)cccc21)C1CNCCO1. The van der Waals surface area contributed by atoms with Gasteiger partial charge in [-0.3, -0.25) is 4.79 Å². The van der Waals surface area contributed by atoms with Crippen LogP contribution in [-0.4, -0.2) is 31.7 Å². The Morgan fingerprint density at radius 3 is 3.05 bits per heavy atom. The van der Waals surface area contributed by atoms with Gasteiger partial charge in [-0.15, -0.1) is 12.4 Å². The second-order valence-corrected chi connectivity index (χ2v) is 5.38. The van der Waals surface area contributed by atoms with Crippen molar-refractivity contribution < 1.29 is 9.53 Å². The molecule has 1 aliphatic carbocycles. The topological polar surface area (TPSA) is 50.4 Å². The van der Waals surface area contributed by atoms with E-state index < -0.39 is 0 Å². The lowest BCUT2D eigenvalue weighted by molar-refractivity contribution is -0.135. The van der Waals surface area contributed by atoms with Gasteiger partial charge >= 0.3 is 0 Å². The molecule has 0 bridgehead atoms. The van der Waals surface area contributed by atoms with Gasteiger partial charge in [0.25, 0.3) is 5.91 Å². The van der Waals surface area contributed by atoms with E-state index in [1.165, 1.54) is 0 Å². The standard InChI is InChI=1S/C14H17ClN2O2.ClH/c15-11-3-1-2-10-9(11)4-5-12(10)17-14(18)13-8-16-6-7-19-13;/h1-3,12-13,16H,4-8H2,(H,17,18);1H. The first-order chi connectivity index (χ1) is 9.25. The van der Waals surface area contributed by atoms with E-state index in [0.29, 0.717) is 13.2 Å². The number of rotatable bonds is 2. The van der Waals surface area contributed by atoms with Crippen LogP contribution in [0.15, 0.2) is 18.2 Å². The molecule has 3 rings (SSSR count). The van der Waals surface area contributed by atoms with Crippen LogP contribution in [0.2, 0.25) is 5.02 Å². The molecule has 2 aliphatic rings. The lowest BCUT2D eigenvalue weighted by atomic mass is 10.1. The molecule has 1 aliphatic heterocycles. The summed E-state index contributed by atoms with van der Waals surface area (Å²) >= 11 is 6.17. The number of carbonyl (C=O) groups is 1. The Hall–Kier alpha value is -0.810. The van der Waals surface area contributed by atoms with Gasteiger partial charge in [0.15, 0.2) is 0 Å². The molecule has 2 N–H and O–H groups in total. The second kappa shape index (κ2) is 6.76. The summed E-state index contributed by atoms with van der Waals surface area (Å²) in [6.07, 6.45) is 1.45. The van der Waals surface area contributed by atoms with E-state index in [2.05, 4.69) is 10.6 Å². The second-order valence-electron chi connectivity index (χ2n) is 4.97. The van der Waals surface area contributed by atoms with Crippen molar-refractivity contribution in [3.05, 3.63) is 34.3 Å². The minimum absolute atomic E-state index is 0. The Balaban J connectivity index is 0.00000147. The molecule has 0 saturated carbocycles. The number of amides is 1. The van der Waals surface area contributed by atoms with Gasteiger partial charge in [0.1, 0.15) is 6.10 Å². The summed E-state index contributed by atoms with van der Waals surface area (Å²) in [4.78, 5) is 12.1. The lowest BCUT2D eigenvalue weighted by Crippen LogP contribution is -2.48. The Labute approximate surface area is 129 Å². The number of morpholine rings is 1. The number of nitrogens with one attached hydrogen (secondary N) is 2. The third kappa shape index (κ3) is 3.09. The number of benzene rings is 1. The molecule has 1 aromatic carbocycles. The Bertz CT molecular complexity index is 490. The molecule has 0 aromatic heterocycles. The molecule has 2 unspecified atom stereocenters. The highest BCUT2D eigenvalue weighted by molar-refractivity contribution is 6.31. The van der Waals surface area contributed by atoms with Crippen LogP contribution in [0.3, 0.4) is 0 Å². The van der Waals surface area contributed by atoms with Gasteiger partial charge in [-0.1, -0.05) is 23.7 Å². The third-order valence-electron chi connectivity index (χ3n) is 3.75. The molecule has 1 amide bonds. The molecule has 0 radical (unpaired) electrons. The summed E-state index contributed by atoms with van der Waals surface area (Å²) in [5.41, 5.74) is 2.31. The molecule has 4 nitrogen and oxygen atoms in total. The maximum absolute atomic E-state index is 12.1. The van der Waals surface area contributed by atoms with Crippen molar-refractivity contribution in [2.24, 2.45) is 0 Å². The van der Waals surface area contributed by atoms with Crippen molar-refractivity contribution in [1.29, 1.82) is 0 Å². The van der Waals surface area contributed by atoms with Gasteiger partial charge in [0, 0.05) is 18.1 Å². The highest BCUT2D eigenvalue weighted by atomic mass is 35.5. The smallest absolute Gasteiger partial charge is 0.250 e. The summed E-state index contributed by atoms with van der Waals surface area (Å²) in [5, 5.41) is 7.03. The van der Waals surface area contributed by atoms with Gasteiger partial charge in [-0.2, -0.15) is 0 Å². The molecule has 2 atom stereocenters. The first-order valence-corrected chi connectivity index (χ1v) is 7.03. The quantitative estimate of drug-likeness (QED) is 0.875. The molecule has 1 aromatic rings. The van der Waals surface area contributed by atoms with Crippen molar-refractivity contribution in [1.82, 2.24) is 10.6 Å². The van der Waals surface area contributed by atoms with Crippen molar-refractivity contribution in [2.75, 3.05) is 19.7 Å². The van der Waals surface area contributed by atoms with Gasteiger partial charge < -0.3 is 15.4 Å². The Kier molecular flexibility index (Phi) is 5.27. The minimum Gasteiger partial charge on any atom is -0.366 e. The number of hydrogen-bond donors (Lipinski definition) is 2. The van der Waals surface area contributed by atoms with E-state index >= 15 is 0 Å². The molecule has 1 fully saturated rings. The fourth-order valence-corrected chi connectivity index (χ4v) is 3.03. The fourth-order valence-electron chi connectivity index (χ4n) is 2.76. The van der Waals surface area contributed by atoms with Crippen molar-refractivity contribution >= 4 is 29.9 Å². The number of carbonyl (C=O) groups excluding carboxylic acids is 1. The van der Waals surface area contributed by atoms with E-state index in [1.807, 2.05) is 18.2 Å². The largest absolute Gasteiger partial charge is 0.366 e. The summed E-state index contributed by atoms with van der Waals surface area (Å²) in [6.45, 7) is 1.98. The van der Waals surface area contributed by atoms with Crippen molar-refractivity contribution in [3.8, 4) is 0 Å². The van der Waals surface area contributed by atoms with Crippen LogP contribution >= 0.6 is 24.0 Å². The normalized spacial score (nSPS) is 24.6. The predicted molar refractivity (Wildman–Crippen MR) is 80.5 cm³/mol. The third-order valence-corrected chi connectivity index (χ3v) is 4.10. The molecule has 0 spiro atoms. The monoisotopic (exact) mass is 316 g/mol. The Morgan fingerprint density at radius 2 is 2.30 bits per heavy atom. The average molecular weight is 317 g/mol. The van der Waals surface area contributed by atoms with E-state index in [1.54, 1.807) is 0 Å². The molecular formula is C14H18Cl2N2O2. The molecule has 6 heteroatoms. The summed E-state index contributed by atoms with van der Waals surface area (Å²) in [6, 6.07) is 5.94. The maximum atomic E-state index is 12.1. The van der Waals surface area contributed by atoms with E-state index in [-0.39, 0.29) is 30.5 Å². The van der Waals surface area contributed by atoms with Gasteiger partial charge in [-0.05, 0) is 30.0 Å².